The first-order chi connectivity index (χ1) is 5.45. The van der Waals surface area contributed by atoms with E-state index in [2.05, 4.69) is 34.6 Å². The highest BCUT2D eigenvalue weighted by molar-refractivity contribution is 4.63. The van der Waals surface area contributed by atoms with Gasteiger partial charge in [-0.1, -0.05) is 61.3 Å². The van der Waals surface area contributed by atoms with E-state index in [0.29, 0.717) is 5.41 Å². The second-order valence-corrected chi connectivity index (χ2v) is 4.61. The molecule has 0 rings (SSSR count). The first kappa shape index (κ1) is 14.5. The molecule has 1 unspecified atom stereocenters. The third-order valence-corrected chi connectivity index (χ3v) is 2.08. The van der Waals surface area contributed by atoms with Gasteiger partial charge in [-0.05, 0) is 17.8 Å². The maximum atomic E-state index is 2.34. The van der Waals surface area contributed by atoms with Crippen molar-refractivity contribution in [3.8, 4) is 0 Å². The Labute approximate surface area is 79.8 Å². The Morgan fingerprint density at radius 3 is 1.75 bits per heavy atom. The van der Waals surface area contributed by atoms with Crippen LogP contribution in [0.5, 0.6) is 0 Å². The Balaban J connectivity index is 0. The predicted molar refractivity (Wildman–Crippen MR) is 59.5 cm³/mol. The summed E-state index contributed by atoms with van der Waals surface area (Å²) in [6.45, 7) is 15.6. The van der Waals surface area contributed by atoms with E-state index in [4.69, 9.17) is 0 Å². The average Bonchev–Trinajstić information content (AvgIpc) is 2.03. The van der Waals surface area contributed by atoms with E-state index in [1.165, 1.54) is 19.3 Å². The van der Waals surface area contributed by atoms with E-state index >= 15 is 0 Å². The van der Waals surface area contributed by atoms with Crippen molar-refractivity contribution < 1.29 is 0 Å². The van der Waals surface area contributed by atoms with E-state index in [1.54, 1.807) is 0 Å². The second-order valence-electron chi connectivity index (χ2n) is 4.61. The van der Waals surface area contributed by atoms with Crippen LogP contribution < -0.4 is 0 Å². The quantitative estimate of drug-likeness (QED) is 0.569. The molecular formula is C12H28. The van der Waals surface area contributed by atoms with Crippen molar-refractivity contribution in [2.45, 2.75) is 67.7 Å². The van der Waals surface area contributed by atoms with Crippen LogP contribution in [0, 0.1) is 11.3 Å². The smallest absolute Gasteiger partial charge is 0.0383 e. The van der Waals surface area contributed by atoms with Crippen LogP contribution in [0.15, 0.2) is 0 Å². The Kier molecular flexibility index (Phi) is 9.24. The molecule has 0 fully saturated rings. The summed E-state index contributed by atoms with van der Waals surface area (Å²) in [4.78, 5) is 0. The summed E-state index contributed by atoms with van der Waals surface area (Å²) in [6, 6.07) is 0. The van der Waals surface area contributed by atoms with E-state index < -0.39 is 0 Å². The minimum absolute atomic E-state index is 0.531. The van der Waals surface area contributed by atoms with Crippen molar-refractivity contribution in [2.75, 3.05) is 0 Å². The SMILES string of the molecule is CC.CCC(C)CCC(C)(C)C. The van der Waals surface area contributed by atoms with Crippen LogP contribution >= 0.6 is 0 Å². The monoisotopic (exact) mass is 172 g/mol. The number of hydrogen-bond donors (Lipinski definition) is 0. The van der Waals surface area contributed by atoms with Crippen LogP contribution in [0.2, 0.25) is 0 Å². The topological polar surface area (TPSA) is 0 Å². The summed E-state index contributed by atoms with van der Waals surface area (Å²) < 4.78 is 0. The molecule has 0 amide bonds. The first-order valence-electron chi connectivity index (χ1n) is 5.45. The van der Waals surface area contributed by atoms with Gasteiger partial charge in [0, 0.05) is 0 Å². The lowest BCUT2D eigenvalue weighted by Gasteiger charge is -2.19. The summed E-state index contributed by atoms with van der Waals surface area (Å²) >= 11 is 0. The summed E-state index contributed by atoms with van der Waals surface area (Å²) in [5.41, 5.74) is 0.531. The lowest BCUT2D eigenvalue weighted by molar-refractivity contribution is 0.327. The van der Waals surface area contributed by atoms with Gasteiger partial charge in [0.05, 0.1) is 0 Å². The Bertz CT molecular complexity index is 76.5. The molecule has 0 aromatic rings. The molecule has 0 aliphatic rings. The minimum atomic E-state index is 0.531. The highest BCUT2D eigenvalue weighted by Gasteiger charge is 2.10. The van der Waals surface area contributed by atoms with Gasteiger partial charge in [-0.2, -0.15) is 0 Å². The van der Waals surface area contributed by atoms with E-state index in [-0.39, 0.29) is 0 Å². The molecule has 0 nitrogen and oxygen atoms in total. The van der Waals surface area contributed by atoms with Gasteiger partial charge in [0.2, 0.25) is 0 Å². The average molecular weight is 172 g/mol. The fourth-order valence-electron chi connectivity index (χ4n) is 0.884. The van der Waals surface area contributed by atoms with Gasteiger partial charge >= 0.3 is 0 Å². The van der Waals surface area contributed by atoms with Crippen molar-refractivity contribution in [2.24, 2.45) is 11.3 Å². The van der Waals surface area contributed by atoms with Gasteiger partial charge in [-0.25, -0.2) is 0 Å². The van der Waals surface area contributed by atoms with E-state index in [9.17, 15) is 0 Å². The van der Waals surface area contributed by atoms with Gasteiger partial charge in [0.1, 0.15) is 0 Å². The molecule has 0 saturated carbocycles. The molecule has 0 aromatic heterocycles. The van der Waals surface area contributed by atoms with Crippen LogP contribution in [0.1, 0.15) is 67.7 Å². The van der Waals surface area contributed by atoms with Crippen LogP contribution in [0.25, 0.3) is 0 Å². The molecular weight excluding hydrogens is 144 g/mol. The highest BCUT2D eigenvalue weighted by atomic mass is 14.2. The van der Waals surface area contributed by atoms with Crippen LogP contribution in [0.4, 0.5) is 0 Å². The van der Waals surface area contributed by atoms with Gasteiger partial charge < -0.3 is 0 Å². The van der Waals surface area contributed by atoms with Crippen LogP contribution in [-0.2, 0) is 0 Å². The molecule has 76 valence electrons. The lowest BCUT2D eigenvalue weighted by Crippen LogP contribution is -2.06. The molecule has 0 aliphatic heterocycles. The molecule has 0 aliphatic carbocycles. The van der Waals surface area contributed by atoms with Crippen molar-refractivity contribution in [1.82, 2.24) is 0 Å². The predicted octanol–water partition coefficient (Wildman–Crippen LogP) is 4.89. The Morgan fingerprint density at radius 1 is 1.08 bits per heavy atom. The van der Waals surface area contributed by atoms with Gasteiger partial charge in [0.15, 0.2) is 0 Å². The van der Waals surface area contributed by atoms with Crippen molar-refractivity contribution >= 4 is 0 Å². The lowest BCUT2D eigenvalue weighted by atomic mass is 9.86. The zero-order valence-electron chi connectivity index (χ0n) is 10.2. The molecule has 0 heteroatoms. The molecule has 0 spiro atoms. The molecule has 0 bridgehead atoms. The van der Waals surface area contributed by atoms with Crippen molar-refractivity contribution in [3.05, 3.63) is 0 Å². The summed E-state index contributed by atoms with van der Waals surface area (Å²) in [6.07, 6.45) is 4.08. The molecule has 0 N–H and O–H groups in total. The molecule has 1 atom stereocenters. The molecule has 0 aromatic carbocycles. The van der Waals surface area contributed by atoms with Gasteiger partial charge in [-0.3, -0.25) is 0 Å². The molecule has 12 heavy (non-hydrogen) atoms. The van der Waals surface area contributed by atoms with Crippen LogP contribution in [0.3, 0.4) is 0 Å². The van der Waals surface area contributed by atoms with Gasteiger partial charge in [-0.15, -0.1) is 0 Å². The maximum Gasteiger partial charge on any atom is -0.0383 e. The fraction of sp³-hybridized carbons (Fsp3) is 1.00. The van der Waals surface area contributed by atoms with Crippen molar-refractivity contribution in [3.63, 3.8) is 0 Å². The summed E-state index contributed by atoms with van der Waals surface area (Å²) in [5, 5.41) is 0. The largest absolute Gasteiger partial charge is 0.0683 e. The second kappa shape index (κ2) is 7.64. The normalized spacial score (nSPS) is 13.2. The zero-order chi connectivity index (χ0) is 10.2. The molecule has 0 heterocycles. The molecule has 0 saturated heterocycles. The third-order valence-electron chi connectivity index (χ3n) is 2.08. The van der Waals surface area contributed by atoms with Crippen molar-refractivity contribution in [1.29, 1.82) is 0 Å². The first-order valence-corrected chi connectivity index (χ1v) is 5.45. The number of hydrogen-bond acceptors (Lipinski definition) is 0. The zero-order valence-corrected chi connectivity index (χ0v) is 10.2. The molecule has 0 radical (unpaired) electrons. The fourth-order valence-corrected chi connectivity index (χ4v) is 0.884. The van der Waals surface area contributed by atoms with E-state index in [1.807, 2.05) is 13.8 Å². The van der Waals surface area contributed by atoms with Crippen LogP contribution in [-0.4, -0.2) is 0 Å². The minimum Gasteiger partial charge on any atom is -0.0683 e. The Hall–Kier alpha value is 0. The summed E-state index contributed by atoms with van der Waals surface area (Å²) in [5.74, 6) is 0.916. The number of rotatable bonds is 3. The van der Waals surface area contributed by atoms with E-state index in [0.717, 1.165) is 5.92 Å². The third kappa shape index (κ3) is 12.7. The standard InChI is InChI=1S/C10H22.C2H6/c1-6-9(2)7-8-10(3,4)5;1-2/h9H,6-8H2,1-5H3;1-2H3. The highest BCUT2D eigenvalue weighted by Crippen LogP contribution is 2.24. The maximum absolute atomic E-state index is 2.34. The van der Waals surface area contributed by atoms with Gasteiger partial charge in [0.25, 0.3) is 0 Å². The summed E-state index contributed by atoms with van der Waals surface area (Å²) in [7, 11) is 0. The Morgan fingerprint density at radius 2 is 1.50 bits per heavy atom.